The first-order chi connectivity index (χ1) is 20.7. The molecule has 0 saturated carbocycles. The van der Waals surface area contributed by atoms with Crippen molar-refractivity contribution in [2.75, 3.05) is 20.8 Å². The molecule has 1 aromatic carbocycles. The number of esters is 3. The van der Waals surface area contributed by atoms with Crippen LogP contribution in [0.2, 0.25) is 0 Å². The van der Waals surface area contributed by atoms with E-state index in [1.165, 1.54) is 118 Å². The molecule has 0 aliphatic carbocycles. The first-order valence-corrected chi connectivity index (χ1v) is 16.5. The van der Waals surface area contributed by atoms with Crippen LogP contribution >= 0.6 is 0 Å². The van der Waals surface area contributed by atoms with Crippen LogP contribution in [0.15, 0.2) is 0 Å². The molecule has 0 N–H and O–H groups in total. The van der Waals surface area contributed by atoms with E-state index in [1.807, 2.05) is 6.92 Å². The van der Waals surface area contributed by atoms with Gasteiger partial charge in [0.15, 0.2) is 11.5 Å². The zero-order valence-electron chi connectivity index (χ0n) is 27.9. The SMILES string of the molecule is COc1c(OC(C)=O)c(C)c(CCCCCCCCCCCCCCCCCCCCOC(C)=O)c(OC(C)=O)c1OC. The standard InChI is InChI=1S/C35H58O8/c1-27-31(33(43-30(4)38)35(40-6)34(39-5)32(27)42-29(3)37)25-23-21-19-17-15-13-11-9-7-8-10-12-14-16-18-20-22-24-26-41-28(2)36/h7-26H2,1-6H3. The Balaban J connectivity index is 2.22. The summed E-state index contributed by atoms with van der Waals surface area (Å²) in [6.07, 6.45) is 23.1. The van der Waals surface area contributed by atoms with Crippen LogP contribution in [-0.2, 0) is 25.5 Å². The van der Waals surface area contributed by atoms with Gasteiger partial charge in [-0.1, -0.05) is 103 Å². The van der Waals surface area contributed by atoms with Crippen LogP contribution in [0.1, 0.15) is 147 Å². The number of rotatable bonds is 25. The Hall–Kier alpha value is -2.77. The first kappa shape index (κ1) is 38.3. The van der Waals surface area contributed by atoms with Gasteiger partial charge in [0, 0.05) is 31.9 Å². The number of hydrogen-bond donors (Lipinski definition) is 0. The predicted octanol–water partition coefficient (Wildman–Crippen LogP) is 8.99. The maximum Gasteiger partial charge on any atom is 0.308 e. The molecule has 0 unspecified atom stereocenters. The number of ether oxygens (including phenoxy) is 5. The number of hydrogen-bond acceptors (Lipinski definition) is 8. The van der Waals surface area contributed by atoms with E-state index in [4.69, 9.17) is 23.7 Å². The van der Waals surface area contributed by atoms with Crippen LogP contribution in [0, 0.1) is 6.92 Å². The summed E-state index contributed by atoms with van der Waals surface area (Å²) in [7, 11) is 2.94. The molecule has 1 aromatic rings. The zero-order chi connectivity index (χ0) is 31.9. The summed E-state index contributed by atoms with van der Waals surface area (Å²) in [5.74, 6) is 0.0661. The van der Waals surface area contributed by atoms with Gasteiger partial charge in [-0.25, -0.2) is 0 Å². The summed E-state index contributed by atoms with van der Waals surface area (Å²) in [5.41, 5.74) is 1.52. The highest BCUT2D eigenvalue weighted by Crippen LogP contribution is 2.50. The maximum atomic E-state index is 11.9. The van der Waals surface area contributed by atoms with Crippen LogP contribution in [0.3, 0.4) is 0 Å². The molecule has 0 aromatic heterocycles. The summed E-state index contributed by atoms with van der Waals surface area (Å²) in [6, 6.07) is 0. The number of unbranched alkanes of at least 4 members (excludes halogenated alkanes) is 17. The van der Waals surface area contributed by atoms with E-state index < -0.39 is 11.9 Å². The number of methoxy groups -OCH3 is 2. The Morgan fingerprint density at radius 3 is 1.19 bits per heavy atom. The molecule has 0 amide bonds. The molecule has 8 nitrogen and oxygen atoms in total. The highest BCUT2D eigenvalue weighted by atomic mass is 16.6. The van der Waals surface area contributed by atoms with Crippen molar-refractivity contribution in [3.05, 3.63) is 11.1 Å². The van der Waals surface area contributed by atoms with Gasteiger partial charge in [0.25, 0.3) is 0 Å². The number of carbonyl (C=O) groups excluding carboxylic acids is 3. The third kappa shape index (κ3) is 16.6. The van der Waals surface area contributed by atoms with E-state index in [2.05, 4.69) is 0 Å². The molecule has 0 saturated heterocycles. The molecule has 1 rings (SSSR count). The van der Waals surface area contributed by atoms with Gasteiger partial charge in [-0.3, -0.25) is 14.4 Å². The van der Waals surface area contributed by atoms with Crippen LogP contribution in [0.5, 0.6) is 23.0 Å². The average molecular weight is 607 g/mol. The summed E-state index contributed by atoms with van der Waals surface area (Å²) < 4.78 is 27.0. The van der Waals surface area contributed by atoms with E-state index in [0.717, 1.165) is 37.7 Å². The van der Waals surface area contributed by atoms with E-state index in [0.29, 0.717) is 30.1 Å². The lowest BCUT2D eigenvalue weighted by Crippen LogP contribution is -2.12. The molecule has 0 aliphatic rings. The van der Waals surface area contributed by atoms with E-state index in [9.17, 15) is 14.4 Å². The highest BCUT2D eigenvalue weighted by molar-refractivity contribution is 5.78. The molecule has 0 heterocycles. The minimum absolute atomic E-state index is 0.177. The number of benzene rings is 1. The third-order valence-corrected chi connectivity index (χ3v) is 7.71. The fourth-order valence-electron chi connectivity index (χ4n) is 5.46. The second-order valence-corrected chi connectivity index (χ2v) is 11.5. The van der Waals surface area contributed by atoms with Crippen molar-refractivity contribution in [3.63, 3.8) is 0 Å². The van der Waals surface area contributed by atoms with Crippen LogP contribution in [0.25, 0.3) is 0 Å². The Morgan fingerprint density at radius 2 is 0.814 bits per heavy atom. The van der Waals surface area contributed by atoms with Crippen molar-refractivity contribution < 1.29 is 38.1 Å². The predicted molar refractivity (Wildman–Crippen MR) is 170 cm³/mol. The molecule has 0 fully saturated rings. The molecule has 8 heteroatoms. The minimum atomic E-state index is -0.456. The number of carbonyl (C=O) groups is 3. The fraction of sp³-hybridized carbons (Fsp3) is 0.743. The summed E-state index contributed by atoms with van der Waals surface area (Å²) in [6.45, 7) is 6.58. The lowest BCUT2D eigenvalue weighted by Gasteiger charge is -2.21. The third-order valence-electron chi connectivity index (χ3n) is 7.71. The molecule has 0 aliphatic heterocycles. The van der Waals surface area contributed by atoms with E-state index >= 15 is 0 Å². The van der Waals surface area contributed by atoms with Crippen molar-refractivity contribution in [1.82, 2.24) is 0 Å². The summed E-state index contributed by atoms with van der Waals surface area (Å²) >= 11 is 0. The van der Waals surface area contributed by atoms with Gasteiger partial charge in [-0.15, -0.1) is 0 Å². The van der Waals surface area contributed by atoms with Crippen molar-refractivity contribution in [1.29, 1.82) is 0 Å². The topological polar surface area (TPSA) is 97.4 Å². The van der Waals surface area contributed by atoms with Crippen LogP contribution in [0.4, 0.5) is 0 Å². The largest absolute Gasteiger partial charge is 0.490 e. The van der Waals surface area contributed by atoms with E-state index in [-0.39, 0.29) is 17.5 Å². The smallest absolute Gasteiger partial charge is 0.308 e. The Labute approximate surface area is 260 Å². The Kier molecular flexibility index (Phi) is 21.0. The van der Waals surface area contributed by atoms with Crippen LogP contribution in [-0.4, -0.2) is 38.7 Å². The van der Waals surface area contributed by atoms with Crippen molar-refractivity contribution in [3.8, 4) is 23.0 Å². The van der Waals surface area contributed by atoms with Gasteiger partial charge < -0.3 is 23.7 Å². The maximum absolute atomic E-state index is 11.9. The van der Waals surface area contributed by atoms with Gasteiger partial charge in [-0.05, 0) is 26.2 Å². The molecular formula is C35H58O8. The van der Waals surface area contributed by atoms with Gasteiger partial charge in [0.1, 0.15) is 0 Å². The first-order valence-electron chi connectivity index (χ1n) is 16.5. The molecule has 0 atom stereocenters. The minimum Gasteiger partial charge on any atom is -0.490 e. The van der Waals surface area contributed by atoms with Crippen molar-refractivity contribution in [2.24, 2.45) is 0 Å². The zero-order valence-corrected chi connectivity index (χ0v) is 27.9. The van der Waals surface area contributed by atoms with Gasteiger partial charge in [-0.2, -0.15) is 0 Å². The van der Waals surface area contributed by atoms with E-state index in [1.54, 1.807) is 0 Å². The monoisotopic (exact) mass is 606 g/mol. The van der Waals surface area contributed by atoms with Gasteiger partial charge >= 0.3 is 17.9 Å². The average Bonchev–Trinajstić information content (AvgIpc) is 2.95. The second-order valence-electron chi connectivity index (χ2n) is 11.5. The molecule has 0 radical (unpaired) electrons. The quantitative estimate of drug-likeness (QED) is 0.0618. The Morgan fingerprint density at radius 1 is 0.465 bits per heavy atom. The molecule has 246 valence electrons. The normalized spacial score (nSPS) is 10.8. The molecule has 43 heavy (non-hydrogen) atoms. The fourth-order valence-corrected chi connectivity index (χ4v) is 5.46. The molecule has 0 bridgehead atoms. The second kappa shape index (κ2) is 23.7. The molecule has 0 spiro atoms. The van der Waals surface area contributed by atoms with Crippen molar-refractivity contribution >= 4 is 17.9 Å². The van der Waals surface area contributed by atoms with Crippen molar-refractivity contribution in [2.45, 2.75) is 150 Å². The van der Waals surface area contributed by atoms with Gasteiger partial charge in [0.05, 0.1) is 20.8 Å². The van der Waals surface area contributed by atoms with Gasteiger partial charge in [0.2, 0.25) is 11.5 Å². The lowest BCUT2D eigenvalue weighted by atomic mass is 9.97. The highest BCUT2D eigenvalue weighted by Gasteiger charge is 2.27. The summed E-state index contributed by atoms with van der Waals surface area (Å²) in [5, 5.41) is 0. The molecular weight excluding hydrogens is 548 g/mol. The van der Waals surface area contributed by atoms with Crippen LogP contribution < -0.4 is 18.9 Å². The summed E-state index contributed by atoms with van der Waals surface area (Å²) in [4.78, 5) is 34.3. The Bertz CT molecular complexity index is 956. The lowest BCUT2D eigenvalue weighted by molar-refractivity contribution is -0.141.